The van der Waals surface area contributed by atoms with Crippen molar-refractivity contribution in [1.29, 1.82) is 0 Å². The maximum absolute atomic E-state index is 12.6. The van der Waals surface area contributed by atoms with E-state index in [1.807, 2.05) is 26.0 Å². The fourth-order valence-electron chi connectivity index (χ4n) is 2.65. The zero-order valence-electron chi connectivity index (χ0n) is 14.3. The van der Waals surface area contributed by atoms with Crippen molar-refractivity contribution < 1.29 is 4.79 Å². The van der Waals surface area contributed by atoms with Crippen LogP contribution in [-0.2, 0) is 4.79 Å². The number of nitrogens with one attached hydrogen (secondary N) is 2. The highest BCUT2D eigenvalue weighted by Crippen LogP contribution is 2.26. The molecule has 3 rings (SSSR count). The Morgan fingerprint density at radius 2 is 1.96 bits per heavy atom. The van der Waals surface area contributed by atoms with Crippen molar-refractivity contribution >= 4 is 11.6 Å². The molecule has 7 heteroatoms. The number of imidazole rings is 1. The van der Waals surface area contributed by atoms with Gasteiger partial charge in [0.1, 0.15) is 6.33 Å². The fourth-order valence-corrected chi connectivity index (χ4v) is 2.65. The summed E-state index contributed by atoms with van der Waals surface area (Å²) in [6, 6.07) is 7.27. The van der Waals surface area contributed by atoms with E-state index in [1.165, 1.54) is 6.92 Å². The van der Waals surface area contributed by atoms with Crippen LogP contribution in [0.1, 0.15) is 32.3 Å². The number of benzene rings is 1. The first-order valence-corrected chi connectivity index (χ1v) is 7.96. The van der Waals surface area contributed by atoms with Crippen molar-refractivity contribution in [1.82, 2.24) is 19.5 Å². The lowest BCUT2D eigenvalue weighted by Crippen LogP contribution is -2.20. The Morgan fingerprint density at radius 1 is 1.24 bits per heavy atom. The van der Waals surface area contributed by atoms with Crippen molar-refractivity contribution in [3.05, 3.63) is 58.9 Å². The second kappa shape index (κ2) is 6.72. The van der Waals surface area contributed by atoms with Gasteiger partial charge in [-0.3, -0.25) is 19.1 Å². The number of carbonyl (C=O) groups excluding carboxylic acids is 1. The molecular formula is C18H19N5O2. The van der Waals surface area contributed by atoms with Crippen molar-refractivity contribution in [3.63, 3.8) is 0 Å². The third kappa shape index (κ3) is 3.50. The van der Waals surface area contributed by atoms with Gasteiger partial charge in [0.25, 0.3) is 5.56 Å². The molecule has 1 amide bonds. The summed E-state index contributed by atoms with van der Waals surface area (Å²) in [5.74, 6) is 0.290. The summed E-state index contributed by atoms with van der Waals surface area (Å²) < 4.78 is 1.65. The highest BCUT2D eigenvalue weighted by molar-refractivity contribution is 5.89. The second-order valence-corrected chi connectivity index (χ2v) is 6.04. The number of rotatable bonds is 4. The van der Waals surface area contributed by atoms with Crippen molar-refractivity contribution in [3.8, 4) is 17.2 Å². The molecule has 0 spiro atoms. The van der Waals surface area contributed by atoms with Gasteiger partial charge in [-0.15, -0.1) is 0 Å². The van der Waals surface area contributed by atoms with E-state index in [1.54, 1.807) is 35.4 Å². The first-order valence-electron chi connectivity index (χ1n) is 7.96. The molecule has 0 saturated carbocycles. The van der Waals surface area contributed by atoms with E-state index in [0.717, 1.165) is 5.56 Å². The number of H-pyrrole nitrogens is 1. The monoisotopic (exact) mass is 337 g/mol. The summed E-state index contributed by atoms with van der Waals surface area (Å²) in [6.45, 7) is 5.37. The van der Waals surface area contributed by atoms with Crippen molar-refractivity contribution in [2.75, 3.05) is 5.32 Å². The van der Waals surface area contributed by atoms with Gasteiger partial charge in [-0.1, -0.05) is 26.0 Å². The molecule has 2 aromatic heterocycles. The molecule has 0 radical (unpaired) electrons. The fraction of sp³-hybridized carbons (Fsp3) is 0.222. The molecule has 0 aliphatic heterocycles. The summed E-state index contributed by atoms with van der Waals surface area (Å²) in [5, 5.41) is 2.73. The number of aromatic nitrogens is 4. The maximum atomic E-state index is 12.6. The molecule has 0 aliphatic carbocycles. The minimum Gasteiger partial charge on any atom is -0.326 e. The SMILES string of the molecule is CC(=O)Nc1ccc(-c2nc(-n3ccnc3)[nH]c(=O)c2C(C)C)cc1. The lowest BCUT2D eigenvalue weighted by molar-refractivity contribution is -0.114. The quantitative estimate of drug-likeness (QED) is 0.765. The number of hydrogen-bond acceptors (Lipinski definition) is 4. The molecule has 128 valence electrons. The molecule has 0 bridgehead atoms. The van der Waals surface area contributed by atoms with E-state index in [-0.39, 0.29) is 17.4 Å². The molecule has 25 heavy (non-hydrogen) atoms. The van der Waals surface area contributed by atoms with Gasteiger partial charge in [0.15, 0.2) is 0 Å². The summed E-state index contributed by atoms with van der Waals surface area (Å²) in [7, 11) is 0. The predicted octanol–water partition coefficient (Wildman–Crippen LogP) is 2.70. The number of hydrogen-bond donors (Lipinski definition) is 2. The van der Waals surface area contributed by atoms with Crippen LogP contribution in [0.5, 0.6) is 0 Å². The van der Waals surface area contributed by atoms with Crippen molar-refractivity contribution in [2.24, 2.45) is 0 Å². The number of nitrogens with zero attached hydrogens (tertiary/aromatic N) is 3. The Bertz CT molecular complexity index is 941. The number of carbonyl (C=O) groups is 1. The van der Waals surface area contributed by atoms with Gasteiger partial charge in [0, 0.05) is 36.1 Å². The average molecular weight is 337 g/mol. The number of aromatic amines is 1. The lowest BCUT2D eigenvalue weighted by Gasteiger charge is -2.13. The van der Waals surface area contributed by atoms with Gasteiger partial charge in [0.05, 0.1) is 5.69 Å². The Balaban J connectivity index is 2.12. The van der Waals surface area contributed by atoms with E-state index in [2.05, 4.69) is 20.3 Å². The van der Waals surface area contributed by atoms with Gasteiger partial charge >= 0.3 is 0 Å². The molecule has 2 heterocycles. The lowest BCUT2D eigenvalue weighted by atomic mass is 9.98. The van der Waals surface area contributed by atoms with E-state index in [9.17, 15) is 9.59 Å². The molecule has 0 fully saturated rings. The van der Waals surface area contributed by atoms with Gasteiger partial charge in [-0.25, -0.2) is 9.97 Å². The summed E-state index contributed by atoms with van der Waals surface area (Å²) in [4.78, 5) is 35.2. The standard InChI is InChI=1S/C18H19N5O2/c1-11(2)15-16(13-4-6-14(7-5-13)20-12(3)24)21-18(22-17(15)25)23-9-8-19-10-23/h4-11H,1-3H3,(H,20,24)(H,21,22,25). The molecule has 7 nitrogen and oxygen atoms in total. The normalized spacial score (nSPS) is 10.9. The highest BCUT2D eigenvalue weighted by Gasteiger charge is 2.17. The Morgan fingerprint density at radius 3 is 2.52 bits per heavy atom. The van der Waals surface area contributed by atoms with Crippen LogP contribution < -0.4 is 10.9 Å². The minimum absolute atomic E-state index is 0.0121. The Hall–Kier alpha value is -3.22. The largest absolute Gasteiger partial charge is 0.326 e. The zero-order valence-corrected chi connectivity index (χ0v) is 14.3. The Labute approximate surface area is 144 Å². The van der Waals surface area contributed by atoms with Gasteiger partial charge in [-0.2, -0.15) is 0 Å². The molecule has 1 aromatic carbocycles. The average Bonchev–Trinajstić information content (AvgIpc) is 3.08. The van der Waals surface area contributed by atoms with Crippen LogP contribution in [0.2, 0.25) is 0 Å². The molecule has 0 atom stereocenters. The van der Waals surface area contributed by atoms with E-state index < -0.39 is 0 Å². The smallest absolute Gasteiger partial charge is 0.256 e. The topological polar surface area (TPSA) is 92.7 Å². The maximum Gasteiger partial charge on any atom is 0.256 e. The van der Waals surface area contributed by atoms with Crippen LogP contribution in [0.15, 0.2) is 47.8 Å². The third-order valence-electron chi connectivity index (χ3n) is 3.75. The first kappa shape index (κ1) is 16.6. The van der Waals surface area contributed by atoms with Crippen LogP contribution in [0, 0.1) is 0 Å². The first-order chi connectivity index (χ1) is 12.0. The summed E-state index contributed by atoms with van der Waals surface area (Å²) in [6.07, 6.45) is 4.92. The van der Waals surface area contributed by atoms with E-state index in [4.69, 9.17) is 0 Å². The Kier molecular flexibility index (Phi) is 4.47. The van der Waals surface area contributed by atoms with Gasteiger partial charge in [-0.05, 0) is 18.1 Å². The number of anilines is 1. The minimum atomic E-state index is -0.172. The summed E-state index contributed by atoms with van der Waals surface area (Å²) >= 11 is 0. The molecule has 0 aliphatic rings. The predicted molar refractivity (Wildman–Crippen MR) is 95.8 cm³/mol. The molecule has 2 N–H and O–H groups in total. The van der Waals surface area contributed by atoms with Crippen LogP contribution in [0.25, 0.3) is 17.2 Å². The van der Waals surface area contributed by atoms with E-state index in [0.29, 0.717) is 22.9 Å². The van der Waals surface area contributed by atoms with E-state index >= 15 is 0 Å². The van der Waals surface area contributed by atoms with Crippen LogP contribution in [0.3, 0.4) is 0 Å². The molecular weight excluding hydrogens is 318 g/mol. The van der Waals surface area contributed by atoms with Crippen LogP contribution >= 0.6 is 0 Å². The van der Waals surface area contributed by atoms with Gasteiger partial charge < -0.3 is 5.32 Å². The number of amides is 1. The second-order valence-electron chi connectivity index (χ2n) is 6.04. The molecule has 0 unspecified atom stereocenters. The van der Waals surface area contributed by atoms with Gasteiger partial charge in [0.2, 0.25) is 11.9 Å². The summed E-state index contributed by atoms with van der Waals surface area (Å²) in [5.41, 5.74) is 2.58. The molecule has 3 aromatic rings. The van der Waals surface area contributed by atoms with Crippen LogP contribution in [0.4, 0.5) is 5.69 Å². The van der Waals surface area contributed by atoms with Crippen molar-refractivity contribution in [2.45, 2.75) is 26.7 Å². The third-order valence-corrected chi connectivity index (χ3v) is 3.75. The van der Waals surface area contributed by atoms with Crippen LogP contribution in [-0.4, -0.2) is 25.4 Å². The zero-order chi connectivity index (χ0) is 18.0. The molecule has 0 saturated heterocycles. The highest BCUT2D eigenvalue weighted by atomic mass is 16.1.